The van der Waals surface area contributed by atoms with Crippen LogP contribution >= 0.6 is 12.2 Å². The van der Waals surface area contributed by atoms with Gasteiger partial charge in [-0.05, 0) is 24.7 Å². The monoisotopic (exact) mass is 452 g/mol. The van der Waals surface area contributed by atoms with Gasteiger partial charge in [0.1, 0.15) is 11.2 Å². The SMILES string of the molecule is CCn1cc(C(=O)O)c(=O)c2cnc(N3CCN(C(=S)NCc4ccccc4)CC3)nc21. The molecule has 4 rings (SSSR count). The molecular weight excluding hydrogens is 428 g/mol. The van der Waals surface area contributed by atoms with Gasteiger partial charge in [-0.15, -0.1) is 0 Å². The second kappa shape index (κ2) is 9.31. The number of hydrogen-bond acceptors (Lipinski definition) is 6. The van der Waals surface area contributed by atoms with Gasteiger partial charge in [-0.2, -0.15) is 4.98 Å². The van der Waals surface area contributed by atoms with Gasteiger partial charge in [-0.25, -0.2) is 9.78 Å². The number of pyridine rings is 1. The third-order valence-corrected chi connectivity index (χ3v) is 5.91. The van der Waals surface area contributed by atoms with Gasteiger partial charge < -0.3 is 24.8 Å². The average Bonchev–Trinajstić information content (AvgIpc) is 2.83. The van der Waals surface area contributed by atoms with Crippen LogP contribution in [0.5, 0.6) is 0 Å². The molecule has 2 aromatic heterocycles. The average molecular weight is 453 g/mol. The Labute approximate surface area is 190 Å². The standard InChI is InChI=1S/C22H24N6O3S/c1-2-26-14-17(20(30)31)18(29)16-13-23-21(25-19(16)26)27-8-10-28(11-9-27)22(32)24-12-15-6-4-3-5-7-15/h3-7,13-14H,2,8-12H2,1H3,(H,24,32)(H,30,31). The number of aromatic nitrogens is 3. The summed E-state index contributed by atoms with van der Waals surface area (Å²) in [6, 6.07) is 10.1. The van der Waals surface area contributed by atoms with Crippen molar-refractivity contribution in [3.05, 3.63) is 64.1 Å². The molecule has 2 N–H and O–H groups in total. The van der Waals surface area contributed by atoms with Crippen LogP contribution in [0.15, 0.2) is 47.5 Å². The number of hydrogen-bond donors (Lipinski definition) is 2. The number of carbonyl (C=O) groups is 1. The number of rotatable bonds is 5. The third kappa shape index (κ3) is 4.40. The van der Waals surface area contributed by atoms with Crippen LogP contribution in [0.2, 0.25) is 0 Å². The summed E-state index contributed by atoms with van der Waals surface area (Å²) in [4.78, 5) is 37.0. The Kier molecular flexibility index (Phi) is 6.31. The van der Waals surface area contributed by atoms with Gasteiger partial charge in [-0.3, -0.25) is 4.79 Å². The highest BCUT2D eigenvalue weighted by molar-refractivity contribution is 7.80. The van der Waals surface area contributed by atoms with Crippen molar-refractivity contribution in [2.75, 3.05) is 31.1 Å². The lowest BCUT2D eigenvalue weighted by atomic mass is 10.2. The number of piperazine rings is 1. The highest BCUT2D eigenvalue weighted by Crippen LogP contribution is 2.16. The van der Waals surface area contributed by atoms with E-state index in [-0.39, 0.29) is 10.9 Å². The first-order valence-corrected chi connectivity index (χ1v) is 10.8. The summed E-state index contributed by atoms with van der Waals surface area (Å²) in [6.45, 7) is 5.86. The van der Waals surface area contributed by atoms with E-state index in [1.807, 2.05) is 30.0 Å². The molecule has 0 bridgehead atoms. The van der Waals surface area contributed by atoms with Crippen molar-refractivity contribution in [2.45, 2.75) is 20.0 Å². The van der Waals surface area contributed by atoms with Crippen molar-refractivity contribution >= 4 is 40.3 Å². The number of benzene rings is 1. The molecule has 1 fully saturated rings. The van der Waals surface area contributed by atoms with E-state index < -0.39 is 11.4 Å². The molecule has 3 heterocycles. The van der Waals surface area contributed by atoms with Crippen LogP contribution in [-0.4, -0.2) is 61.8 Å². The second-order valence-electron chi connectivity index (χ2n) is 7.49. The summed E-state index contributed by atoms with van der Waals surface area (Å²) in [6.07, 6.45) is 2.77. The Bertz CT molecular complexity index is 1210. The normalized spacial score (nSPS) is 13.9. The van der Waals surface area contributed by atoms with Crippen molar-refractivity contribution < 1.29 is 9.90 Å². The minimum atomic E-state index is -1.25. The molecule has 1 aromatic carbocycles. The summed E-state index contributed by atoms with van der Waals surface area (Å²) in [5.74, 6) is -0.735. The number of nitrogens with one attached hydrogen (secondary N) is 1. The number of aryl methyl sites for hydroxylation is 1. The number of aromatic carboxylic acids is 1. The third-order valence-electron chi connectivity index (χ3n) is 5.51. The van der Waals surface area contributed by atoms with E-state index in [0.717, 1.165) is 13.1 Å². The van der Waals surface area contributed by atoms with E-state index in [1.54, 1.807) is 4.57 Å². The molecule has 1 aliphatic rings. The molecule has 0 amide bonds. The number of carboxylic acids is 1. The molecular formula is C22H24N6O3S. The Hall–Kier alpha value is -3.53. The van der Waals surface area contributed by atoms with E-state index in [4.69, 9.17) is 12.2 Å². The lowest BCUT2D eigenvalue weighted by Gasteiger charge is -2.36. The first-order chi connectivity index (χ1) is 15.5. The van der Waals surface area contributed by atoms with Crippen molar-refractivity contribution in [3.63, 3.8) is 0 Å². The summed E-state index contributed by atoms with van der Waals surface area (Å²) in [5.41, 5.74) is 0.769. The number of anilines is 1. The van der Waals surface area contributed by atoms with E-state index >= 15 is 0 Å². The van der Waals surface area contributed by atoms with Crippen LogP contribution in [0.1, 0.15) is 22.8 Å². The van der Waals surface area contributed by atoms with Crippen molar-refractivity contribution in [2.24, 2.45) is 0 Å². The van der Waals surface area contributed by atoms with Crippen LogP contribution in [-0.2, 0) is 13.1 Å². The molecule has 9 nitrogen and oxygen atoms in total. The van der Waals surface area contributed by atoms with Crippen molar-refractivity contribution in [1.29, 1.82) is 0 Å². The van der Waals surface area contributed by atoms with Crippen molar-refractivity contribution in [3.8, 4) is 0 Å². The maximum atomic E-state index is 12.5. The molecule has 0 aliphatic carbocycles. The maximum Gasteiger partial charge on any atom is 0.341 e. The number of thiocarbonyl (C=S) groups is 1. The summed E-state index contributed by atoms with van der Waals surface area (Å²) >= 11 is 5.55. The topological polar surface area (TPSA) is 104 Å². The Morgan fingerprint density at radius 3 is 2.56 bits per heavy atom. The number of nitrogens with zero attached hydrogens (tertiary/aromatic N) is 5. The molecule has 0 saturated carbocycles. The fourth-order valence-electron chi connectivity index (χ4n) is 3.70. The van der Waals surface area contributed by atoms with Gasteiger partial charge in [0.05, 0.1) is 5.39 Å². The lowest BCUT2D eigenvalue weighted by Crippen LogP contribution is -2.52. The van der Waals surface area contributed by atoms with Crippen LogP contribution in [0, 0.1) is 0 Å². The molecule has 0 spiro atoms. The summed E-state index contributed by atoms with van der Waals surface area (Å²) < 4.78 is 1.67. The summed E-state index contributed by atoms with van der Waals surface area (Å²) in [7, 11) is 0. The predicted octanol–water partition coefficient (Wildman–Crippen LogP) is 1.71. The highest BCUT2D eigenvalue weighted by atomic mass is 32.1. The maximum absolute atomic E-state index is 12.5. The molecule has 0 atom stereocenters. The zero-order valence-corrected chi connectivity index (χ0v) is 18.5. The van der Waals surface area contributed by atoms with E-state index in [1.165, 1.54) is 18.0 Å². The quantitative estimate of drug-likeness (QED) is 0.560. The van der Waals surface area contributed by atoms with Gasteiger partial charge in [0.2, 0.25) is 11.4 Å². The minimum absolute atomic E-state index is 0.209. The smallest absolute Gasteiger partial charge is 0.341 e. The van der Waals surface area contributed by atoms with Crippen molar-refractivity contribution in [1.82, 2.24) is 24.8 Å². The Balaban J connectivity index is 1.45. The molecule has 32 heavy (non-hydrogen) atoms. The largest absolute Gasteiger partial charge is 0.477 e. The molecule has 0 unspecified atom stereocenters. The van der Waals surface area contributed by atoms with Crippen LogP contribution in [0.25, 0.3) is 11.0 Å². The first-order valence-electron chi connectivity index (χ1n) is 10.4. The zero-order chi connectivity index (χ0) is 22.7. The fraction of sp³-hybridized carbons (Fsp3) is 0.318. The van der Waals surface area contributed by atoms with Crippen LogP contribution in [0.4, 0.5) is 5.95 Å². The second-order valence-corrected chi connectivity index (χ2v) is 7.88. The fourth-order valence-corrected chi connectivity index (χ4v) is 3.96. The first kappa shape index (κ1) is 21.7. The molecule has 1 aliphatic heterocycles. The van der Waals surface area contributed by atoms with Gasteiger partial charge in [0.25, 0.3) is 0 Å². The van der Waals surface area contributed by atoms with E-state index in [2.05, 4.69) is 32.3 Å². The highest BCUT2D eigenvalue weighted by Gasteiger charge is 2.22. The zero-order valence-electron chi connectivity index (χ0n) is 17.7. The van der Waals surface area contributed by atoms with E-state index in [9.17, 15) is 14.7 Å². The Morgan fingerprint density at radius 2 is 1.91 bits per heavy atom. The van der Waals surface area contributed by atoms with Gasteiger partial charge in [-0.1, -0.05) is 30.3 Å². The number of fused-ring (bicyclic) bond motifs is 1. The van der Waals surface area contributed by atoms with Gasteiger partial charge in [0, 0.05) is 51.7 Å². The molecule has 1 saturated heterocycles. The molecule has 10 heteroatoms. The minimum Gasteiger partial charge on any atom is -0.477 e. The lowest BCUT2D eigenvalue weighted by molar-refractivity contribution is 0.0695. The Morgan fingerprint density at radius 1 is 1.19 bits per heavy atom. The molecule has 0 radical (unpaired) electrons. The van der Waals surface area contributed by atoms with Crippen LogP contribution in [0.3, 0.4) is 0 Å². The number of carboxylic acid groups (broad SMARTS) is 1. The van der Waals surface area contributed by atoms with Crippen LogP contribution < -0.4 is 15.6 Å². The molecule has 166 valence electrons. The van der Waals surface area contributed by atoms with E-state index in [0.29, 0.717) is 42.9 Å². The molecule has 3 aromatic rings. The van der Waals surface area contributed by atoms with Gasteiger partial charge >= 0.3 is 5.97 Å². The van der Waals surface area contributed by atoms with Gasteiger partial charge in [0.15, 0.2) is 5.11 Å². The predicted molar refractivity (Wildman–Crippen MR) is 126 cm³/mol. The summed E-state index contributed by atoms with van der Waals surface area (Å²) in [5, 5.41) is 13.5.